The molecule has 96 valence electrons. The molecule has 0 spiro atoms. The number of allylic oxidation sites excluding steroid dienone is 1. The van der Waals surface area contributed by atoms with Gasteiger partial charge in [-0.05, 0) is 0 Å². The summed E-state index contributed by atoms with van der Waals surface area (Å²) in [7, 11) is 0. The maximum absolute atomic E-state index is 12.2. The first-order valence-corrected chi connectivity index (χ1v) is 3.14. The molecule has 0 aromatic rings. The lowest BCUT2D eigenvalue weighted by Crippen LogP contribution is -2.46. The summed E-state index contributed by atoms with van der Waals surface area (Å²) < 4.78 is 116. The van der Waals surface area contributed by atoms with Crippen LogP contribution in [0.4, 0.5) is 43.9 Å². The van der Waals surface area contributed by atoms with Crippen LogP contribution in [-0.2, 0) is 0 Å². The fraction of sp³-hybridized carbons (Fsp3) is 0.600. The number of rotatable bonds is 1. The maximum atomic E-state index is 12.2. The van der Waals surface area contributed by atoms with E-state index in [-0.39, 0.29) is 0 Å². The van der Waals surface area contributed by atoms with Crippen molar-refractivity contribution in [1.82, 2.24) is 4.90 Å². The van der Waals surface area contributed by atoms with Crippen molar-refractivity contribution < 1.29 is 43.9 Å². The van der Waals surface area contributed by atoms with Gasteiger partial charge in [0.15, 0.2) is 0 Å². The lowest BCUT2D eigenvalue weighted by atomic mass is 10.5. The summed E-state index contributed by atoms with van der Waals surface area (Å²) >= 11 is 0. The Morgan fingerprint density at radius 1 is 0.750 bits per heavy atom. The summed E-state index contributed by atoms with van der Waals surface area (Å²) in [6, 6.07) is 0. The summed E-state index contributed by atoms with van der Waals surface area (Å²) in [5, 5.41) is 0. The van der Waals surface area contributed by atoms with Gasteiger partial charge in [-0.2, -0.15) is 22.5 Å². The molecular formula is C5HF10N. The van der Waals surface area contributed by atoms with E-state index in [4.69, 9.17) is 0 Å². The molecular weight excluding hydrogens is 264 g/mol. The van der Waals surface area contributed by atoms with E-state index in [0.717, 1.165) is 0 Å². The van der Waals surface area contributed by atoms with Crippen molar-refractivity contribution in [3.8, 4) is 0 Å². The lowest BCUT2D eigenvalue weighted by molar-refractivity contribution is -0.365. The minimum Gasteiger partial charge on any atom is -0.187 e. The SMILES string of the molecule is FC(=CC(F)(F)F)N(C(F)(F)F)C(F)(F)F. The van der Waals surface area contributed by atoms with Gasteiger partial charge in [0.05, 0.1) is 6.08 Å². The quantitative estimate of drug-likeness (QED) is 0.516. The van der Waals surface area contributed by atoms with Crippen LogP contribution in [0.25, 0.3) is 0 Å². The maximum Gasteiger partial charge on any atom is 0.493 e. The zero-order valence-electron chi connectivity index (χ0n) is 6.80. The Morgan fingerprint density at radius 3 is 1.25 bits per heavy atom. The summed E-state index contributed by atoms with van der Waals surface area (Å²) in [6.07, 6.45) is -20.1. The molecule has 0 unspecified atom stereocenters. The van der Waals surface area contributed by atoms with E-state index in [1.54, 1.807) is 0 Å². The molecule has 0 N–H and O–H groups in total. The van der Waals surface area contributed by atoms with Crippen molar-refractivity contribution >= 4 is 0 Å². The van der Waals surface area contributed by atoms with Gasteiger partial charge in [0.25, 0.3) is 0 Å². The van der Waals surface area contributed by atoms with Crippen molar-refractivity contribution in [2.24, 2.45) is 0 Å². The smallest absolute Gasteiger partial charge is 0.187 e. The van der Waals surface area contributed by atoms with Gasteiger partial charge in [0.1, 0.15) is 0 Å². The second kappa shape index (κ2) is 4.01. The molecule has 0 atom stereocenters. The minimum atomic E-state index is -6.34. The first kappa shape index (κ1) is 14.8. The van der Waals surface area contributed by atoms with Crippen LogP contribution in [0.3, 0.4) is 0 Å². The molecule has 0 fully saturated rings. The first-order valence-electron chi connectivity index (χ1n) is 3.14. The second-order valence-corrected chi connectivity index (χ2v) is 2.28. The van der Waals surface area contributed by atoms with Crippen molar-refractivity contribution in [3.63, 3.8) is 0 Å². The van der Waals surface area contributed by atoms with Crippen LogP contribution >= 0.6 is 0 Å². The van der Waals surface area contributed by atoms with Crippen LogP contribution < -0.4 is 0 Å². The third-order valence-electron chi connectivity index (χ3n) is 1.00. The highest BCUT2D eigenvalue weighted by Gasteiger charge is 2.56. The third kappa shape index (κ3) is 4.57. The van der Waals surface area contributed by atoms with Crippen molar-refractivity contribution in [2.75, 3.05) is 0 Å². The Labute approximate surface area is 80.9 Å². The molecule has 0 amide bonds. The fourth-order valence-corrected chi connectivity index (χ4v) is 0.586. The van der Waals surface area contributed by atoms with Crippen LogP contribution in [0.1, 0.15) is 0 Å². The summed E-state index contributed by atoms with van der Waals surface area (Å²) in [5.74, 6) is -3.51. The predicted octanol–water partition coefficient (Wildman–Crippen LogP) is 3.70. The normalized spacial score (nSPS) is 15.2. The number of nitrogens with zero attached hydrogens (tertiary/aromatic N) is 1. The Balaban J connectivity index is 5.33. The predicted molar refractivity (Wildman–Crippen MR) is 29.2 cm³/mol. The summed E-state index contributed by atoms with van der Waals surface area (Å²) in [5.41, 5.74) is 0. The van der Waals surface area contributed by atoms with E-state index in [9.17, 15) is 43.9 Å². The molecule has 16 heavy (non-hydrogen) atoms. The van der Waals surface area contributed by atoms with Gasteiger partial charge >= 0.3 is 18.8 Å². The van der Waals surface area contributed by atoms with Gasteiger partial charge in [-0.25, -0.2) is 0 Å². The molecule has 0 bridgehead atoms. The average molecular weight is 265 g/mol. The van der Waals surface area contributed by atoms with Crippen molar-refractivity contribution in [1.29, 1.82) is 0 Å². The molecule has 0 radical (unpaired) electrons. The Kier molecular flexibility index (Phi) is 3.72. The van der Waals surface area contributed by atoms with E-state index >= 15 is 0 Å². The monoisotopic (exact) mass is 265 g/mol. The van der Waals surface area contributed by atoms with Gasteiger partial charge in [0, 0.05) is 0 Å². The van der Waals surface area contributed by atoms with Crippen LogP contribution in [0.2, 0.25) is 0 Å². The molecule has 0 aromatic carbocycles. The summed E-state index contributed by atoms with van der Waals surface area (Å²) in [4.78, 5) is -2.88. The fourth-order valence-electron chi connectivity index (χ4n) is 0.586. The Morgan fingerprint density at radius 2 is 1.06 bits per heavy atom. The molecule has 0 aromatic heterocycles. The van der Waals surface area contributed by atoms with Gasteiger partial charge in [0.2, 0.25) is 5.95 Å². The van der Waals surface area contributed by atoms with Crippen molar-refractivity contribution in [3.05, 3.63) is 12.0 Å². The molecule has 0 saturated heterocycles. The Bertz CT molecular complexity index is 252. The number of hydrogen-bond donors (Lipinski definition) is 0. The van der Waals surface area contributed by atoms with Crippen LogP contribution in [0.5, 0.6) is 0 Å². The van der Waals surface area contributed by atoms with Crippen LogP contribution in [0.15, 0.2) is 12.0 Å². The number of hydrogen-bond acceptors (Lipinski definition) is 1. The van der Waals surface area contributed by atoms with E-state index in [0.29, 0.717) is 0 Å². The molecule has 0 rings (SSSR count). The Hall–Kier alpha value is -1.16. The van der Waals surface area contributed by atoms with E-state index < -0.39 is 35.7 Å². The standard InChI is InChI=1S/C5HF10N/c6-2(1-3(7,8)9)16(4(10,11)12)5(13,14)15/h1H. The van der Waals surface area contributed by atoms with Crippen LogP contribution in [0, 0.1) is 0 Å². The lowest BCUT2D eigenvalue weighted by Gasteiger charge is -2.26. The van der Waals surface area contributed by atoms with Crippen molar-refractivity contribution in [2.45, 2.75) is 18.8 Å². The van der Waals surface area contributed by atoms with E-state index in [2.05, 4.69) is 0 Å². The molecule has 11 heteroatoms. The topological polar surface area (TPSA) is 3.24 Å². The van der Waals surface area contributed by atoms with Crippen LogP contribution in [-0.4, -0.2) is 23.7 Å². The molecule has 0 aliphatic rings. The van der Waals surface area contributed by atoms with Gasteiger partial charge in [-0.3, -0.25) is 0 Å². The second-order valence-electron chi connectivity index (χ2n) is 2.28. The first-order chi connectivity index (χ1) is 6.75. The molecule has 0 aliphatic carbocycles. The minimum absolute atomic E-state index is 1.74. The number of halogens is 10. The van der Waals surface area contributed by atoms with E-state index in [1.807, 2.05) is 0 Å². The molecule has 0 aliphatic heterocycles. The molecule has 1 nitrogen and oxygen atoms in total. The zero-order chi connectivity index (χ0) is 13.4. The van der Waals surface area contributed by atoms with Gasteiger partial charge in [-0.15, -0.1) is 26.3 Å². The van der Waals surface area contributed by atoms with E-state index in [1.165, 1.54) is 0 Å². The highest BCUT2D eigenvalue weighted by atomic mass is 19.4. The highest BCUT2D eigenvalue weighted by molar-refractivity contribution is 4.98. The largest absolute Gasteiger partial charge is 0.493 e. The highest BCUT2D eigenvalue weighted by Crippen LogP contribution is 2.38. The van der Waals surface area contributed by atoms with Gasteiger partial charge < -0.3 is 0 Å². The molecule has 0 heterocycles. The summed E-state index contributed by atoms with van der Waals surface area (Å²) in [6.45, 7) is 0. The van der Waals surface area contributed by atoms with Gasteiger partial charge in [-0.1, -0.05) is 0 Å². The third-order valence-corrected chi connectivity index (χ3v) is 1.00. The zero-order valence-corrected chi connectivity index (χ0v) is 6.80. The number of alkyl halides is 9. The molecule has 0 saturated carbocycles. The average Bonchev–Trinajstić information content (AvgIpc) is 1.70.